The molecule has 0 saturated carbocycles. The second-order valence-electron chi connectivity index (χ2n) is 14.7. The van der Waals surface area contributed by atoms with Gasteiger partial charge in [-0.3, -0.25) is 9.97 Å². The number of benzene rings is 4. The number of pyridine rings is 2. The minimum Gasteiger partial charge on any atom is -0.252 e. The second kappa shape index (κ2) is 15.9. The SMILES string of the molecule is Cc1cccc(-c2nc(C(C)C)c(C(C)C)c3ccccc23)c1C.Cc1cccc(-c2nc(C(C)C)c(C(C)C)c3ccccc23)c1C.[Ir+3]. The molecular weight excluding hydrogens is 773 g/mol. The Morgan fingerprint density at radius 2 is 0.714 bits per heavy atom. The van der Waals surface area contributed by atoms with E-state index in [0.717, 1.165) is 11.4 Å². The van der Waals surface area contributed by atoms with Crippen LogP contribution in [-0.4, -0.2) is 9.97 Å². The van der Waals surface area contributed by atoms with E-state index >= 15 is 0 Å². The number of aromatic nitrogens is 2. The maximum atomic E-state index is 5.19. The molecule has 3 heteroatoms. The zero-order valence-corrected chi connectivity index (χ0v) is 34.0. The molecule has 2 heterocycles. The van der Waals surface area contributed by atoms with Crippen molar-refractivity contribution in [2.75, 3.05) is 0 Å². The average molecular weight is 827 g/mol. The summed E-state index contributed by atoms with van der Waals surface area (Å²) in [4.78, 5) is 10.4. The van der Waals surface area contributed by atoms with E-state index in [-0.39, 0.29) is 20.1 Å². The fourth-order valence-electron chi connectivity index (χ4n) is 7.13. The van der Waals surface area contributed by atoms with Crippen molar-refractivity contribution in [2.24, 2.45) is 0 Å². The maximum Gasteiger partial charge on any atom is 3.00 e. The summed E-state index contributed by atoms with van der Waals surface area (Å²) < 4.78 is 0. The quantitative estimate of drug-likeness (QED) is 0.167. The molecule has 0 fully saturated rings. The van der Waals surface area contributed by atoms with Crippen LogP contribution in [0.5, 0.6) is 0 Å². The molecule has 0 aliphatic rings. The first-order valence-corrected chi connectivity index (χ1v) is 17.8. The maximum absolute atomic E-state index is 5.19. The Kier molecular flexibility index (Phi) is 12.4. The molecule has 0 unspecified atom stereocenters. The average Bonchev–Trinajstić information content (AvgIpc) is 3.05. The van der Waals surface area contributed by atoms with E-state index < -0.39 is 0 Å². The van der Waals surface area contributed by atoms with Gasteiger partial charge in [-0.1, -0.05) is 140 Å². The van der Waals surface area contributed by atoms with Gasteiger partial charge in [-0.05, 0) is 95.5 Å². The van der Waals surface area contributed by atoms with Gasteiger partial charge in [0.25, 0.3) is 0 Å². The molecule has 0 spiro atoms. The number of aryl methyl sites for hydroxylation is 2. The summed E-state index contributed by atoms with van der Waals surface area (Å²) >= 11 is 0. The fourth-order valence-corrected chi connectivity index (χ4v) is 7.13. The third kappa shape index (κ3) is 7.59. The monoisotopic (exact) mass is 827 g/mol. The normalized spacial score (nSPS) is 11.4. The van der Waals surface area contributed by atoms with Crippen LogP contribution in [0.15, 0.2) is 84.9 Å². The molecule has 0 bridgehead atoms. The number of fused-ring (bicyclic) bond motifs is 2. The van der Waals surface area contributed by atoms with Gasteiger partial charge in [-0.15, -0.1) is 0 Å². The van der Waals surface area contributed by atoms with Gasteiger partial charge in [0.2, 0.25) is 0 Å². The fraction of sp³-hybridized carbons (Fsp3) is 0.348. The summed E-state index contributed by atoms with van der Waals surface area (Å²) in [6.07, 6.45) is 0. The molecular formula is C46H54IrN2+3. The molecule has 2 nitrogen and oxygen atoms in total. The molecule has 2 aromatic heterocycles. The zero-order chi connectivity index (χ0) is 34.9. The van der Waals surface area contributed by atoms with Crippen LogP contribution in [0.1, 0.15) is 124 Å². The van der Waals surface area contributed by atoms with E-state index in [1.165, 1.54) is 77.4 Å². The molecule has 0 atom stereocenters. The van der Waals surface area contributed by atoms with Crippen LogP contribution in [0.2, 0.25) is 0 Å². The van der Waals surface area contributed by atoms with Crippen LogP contribution in [-0.2, 0) is 20.1 Å². The summed E-state index contributed by atoms with van der Waals surface area (Å²) in [7, 11) is 0. The topological polar surface area (TPSA) is 25.8 Å². The Balaban J connectivity index is 0.000000216. The van der Waals surface area contributed by atoms with E-state index in [4.69, 9.17) is 9.97 Å². The molecule has 0 aliphatic carbocycles. The minimum atomic E-state index is 0. The Labute approximate surface area is 309 Å². The molecule has 0 aliphatic heterocycles. The van der Waals surface area contributed by atoms with Crippen LogP contribution in [0, 0.1) is 27.7 Å². The Morgan fingerprint density at radius 3 is 1.02 bits per heavy atom. The van der Waals surface area contributed by atoms with Crippen molar-refractivity contribution in [1.82, 2.24) is 9.97 Å². The van der Waals surface area contributed by atoms with Crippen LogP contribution >= 0.6 is 0 Å². The molecule has 0 amide bonds. The van der Waals surface area contributed by atoms with E-state index in [0.29, 0.717) is 23.7 Å². The van der Waals surface area contributed by atoms with Crippen LogP contribution < -0.4 is 0 Å². The van der Waals surface area contributed by atoms with Crippen molar-refractivity contribution in [3.05, 3.63) is 130 Å². The van der Waals surface area contributed by atoms with Crippen LogP contribution in [0.4, 0.5) is 0 Å². The van der Waals surface area contributed by atoms with Crippen LogP contribution in [0.3, 0.4) is 0 Å². The summed E-state index contributed by atoms with van der Waals surface area (Å²) in [5.74, 6) is 1.76. The molecule has 6 aromatic rings. The molecule has 0 N–H and O–H groups in total. The van der Waals surface area contributed by atoms with Gasteiger partial charge < -0.3 is 0 Å². The van der Waals surface area contributed by atoms with Crippen molar-refractivity contribution < 1.29 is 20.1 Å². The van der Waals surface area contributed by atoms with E-state index in [2.05, 4.69) is 168 Å². The smallest absolute Gasteiger partial charge is 0.252 e. The van der Waals surface area contributed by atoms with Gasteiger partial charge in [0.05, 0.1) is 11.4 Å². The first-order chi connectivity index (χ1) is 22.8. The Hall–Kier alpha value is -3.65. The third-order valence-corrected chi connectivity index (χ3v) is 9.93. The van der Waals surface area contributed by atoms with Crippen molar-refractivity contribution in [3.8, 4) is 22.5 Å². The van der Waals surface area contributed by atoms with Gasteiger partial charge >= 0.3 is 20.1 Å². The van der Waals surface area contributed by atoms with Crippen LogP contribution in [0.25, 0.3) is 44.1 Å². The molecule has 0 radical (unpaired) electrons. The first kappa shape index (κ1) is 38.2. The standard InChI is InChI=1S/2C23H27N.Ir/c2*1-14(2)21-19-11-7-8-12-20(19)23(24-22(21)15(3)4)18-13-9-10-16(5)17(18)6;/h2*7-15H,1-6H3;/q;;+3. The first-order valence-electron chi connectivity index (χ1n) is 17.8. The summed E-state index contributed by atoms with van der Waals surface area (Å²) in [6, 6.07) is 30.5. The van der Waals surface area contributed by atoms with Gasteiger partial charge in [0.15, 0.2) is 0 Å². The minimum absolute atomic E-state index is 0. The van der Waals surface area contributed by atoms with Gasteiger partial charge in [0.1, 0.15) is 0 Å². The van der Waals surface area contributed by atoms with Gasteiger partial charge in [-0.25, -0.2) is 0 Å². The zero-order valence-electron chi connectivity index (χ0n) is 31.6. The largest absolute Gasteiger partial charge is 3.00 e. The second-order valence-corrected chi connectivity index (χ2v) is 14.7. The molecule has 0 saturated heterocycles. The van der Waals surface area contributed by atoms with Gasteiger partial charge in [-0.2, -0.15) is 0 Å². The molecule has 49 heavy (non-hydrogen) atoms. The molecule has 6 rings (SSSR count). The third-order valence-electron chi connectivity index (χ3n) is 9.93. The summed E-state index contributed by atoms with van der Waals surface area (Å²) in [5.41, 5.74) is 15.3. The number of rotatable bonds is 6. The Morgan fingerprint density at radius 1 is 0.388 bits per heavy atom. The molecule has 254 valence electrons. The van der Waals surface area contributed by atoms with Crippen molar-refractivity contribution in [1.29, 1.82) is 0 Å². The van der Waals surface area contributed by atoms with E-state index in [1.54, 1.807) is 0 Å². The Bertz CT molecular complexity index is 1930. The van der Waals surface area contributed by atoms with E-state index in [1.807, 2.05) is 0 Å². The van der Waals surface area contributed by atoms with Crippen molar-refractivity contribution in [3.63, 3.8) is 0 Å². The molecule has 4 aromatic carbocycles. The predicted molar refractivity (Wildman–Crippen MR) is 210 cm³/mol. The summed E-state index contributed by atoms with van der Waals surface area (Å²) in [5, 5.41) is 5.22. The predicted octanol–water partition coefficient (Wildman–Crippen LogP) is 13.5. The number of hydrogen-bond acceptors (Lipinski definition) is 2. The number of nitrogens with zero attached hydrogens (tertiary/aromatic N) is 2. The van der Waals surface area contributed by atoms with E-state index in [9.17, 15) is 0 Å². The van der Waals surface area contributed by atoms with Crippen molar-refractivity contribution in [2.45, 2.75) is 107 Å². The van der Waals surface area contributed by atoms with Gasteiger partial charge in [0, 0.05) is 33.3 Å². The summed E-state index contributed by atoms with van der Waals surface area (Å²) in [6.45, 7) is 26.8. The number of hydrogen-bond donors (Lipinski definition) is 0. The van der Waals surface area contributed by atoms with Crippen molar-refractivity contribution >= 4 is 21.5 Å².